The number of aryl methyl sites for hydroxylation is 1. The minimum Gasteiger partial charge on any atom is -0.352 e. The maximum atomic E-state index is 12.7. The van der Waals surface area contributed by atoms with E-state index in [1.54, 1.807) is 24.0 Å². The summed E-state index contributed by atoms with van der Waals surface area (Å²) >= 11 is 0. The topological polar surface area (TPSA) is 67.1 Å². The molecule has 0 atom stereocenters. The average molecular weight is 326 g/mol. The van der Waals surface area contributed by atoms with Crippen molar-refractivity contribution in [1.29, 1.82) is 0 Å². The van der Waals surface area contributed by atoms with Crippen molar-refractivity contribution < 1.29 is 13.2 Å². The van der Waals surface area contributed by atoms with Gasteiger partial charge in [-0.1, -0.05) is 12.1 Å². The molecule has 0 saturated carbocycles. The lowest BCUT2D eigenvalue weighted by atomic mass is 10.1. The van der Waals surface area contributed by atoms with Crippen LogP contribution in [0.2, 0.25) is 0 Å². The lowest BCUT2D eigenvalue weighted by Crippen LogP contribution is -2.36. The Hall–Kier alpha value is -2.58. The number of alkyl halides is 3. The highest BCUT2D eigenvalue weighted by atomic mass is 19.4. The molecule has 2 N–H and O–H groups in total. The van der Waals surface area contributed by atoms with Crippen molar-refractivity contribution in [3.63, 3.8) is 0 Å². The first kappa shape index (κ1) is 16.8. The lowest BCUT2D eigenvalue weighted by molar-refractivity contribution is -0.137. The number of hydrogen-bond acceptors (Lipinski definition) is 3. The van der Waals surface area contributed by atoms with E-state index in [0.29, 0.717) is 23.9 Å². The van der Waals surface area contributed by atoms with Crippen molar-refractivity contribution in [2.45, 2.75) is 19.3 Å². The second-order valence-corrected chi connectivity index (χ2v) is 4.84. The highest BCUT2D eigenvalue weighted by Gasteiger charge is 2.30. The number of benzene rings is 1. The molecule has 2 aromatic rings. The van der Waals surface area contributed by atoms with Crippen molar-refractivity contribution in [3.8, 4) is 0 Å². The van der Waals surface area contributed by atoms with Gasteiger partial charge >= 0.3 is 6.18 Å². The summed E-state index contributed by atoms with van der Waals surface area (Å²) in [5.41, 5.74) is -0.153. The van der Waals surface area contributed by atoms with Crippen LogP contribution in [-0.4, -0.2) is 27.8 Å². The van der Waals surface area contributed by atoms with Crippen molar-refractivity contribution >= 4 is 5.96 Å². The standard InChI is InChI=1S/C14H17F3N6/c1-18-13(20-8-12-22-21-9-23(12)2)19-7-10-4-3-5-11(6-10)14(15,16)17/h3-6,9H,7-8H2,1-2H3,(H2,18,19,20). The van der Waals surface area contributed by atoms with Gasteiger partial charge in [0.2, 0.25) is 0 Å². The molecule has 0 bridgehead atoms. The van der Waals surface area contributed by atoms with Crippen LogP contribution in [0.25, 0.3) is 0 Å². The fraction of sp³-hybridized carbons (Fsp3) is 0.357. The van der Waals surface area contributed by atoms with E-state index in [1.165, 1.54) is 6.07 Å². The average Bonchev–Trinajstić information content (AvgIpc) is 2.92. The Labute approximate surface area is 131 Å². The van der Waals surface area contributed by atoms with Crippen LogP contribution in [0.3, 0.4) is 0 Å². The van der Waals surface area contributed by atoms with Gasteiger partial charge in [-0.05, 0) is 17.7 Å². The molecule has 0 aliphatic carbocycles. The van der Waals surface area contributed by atoms with Crippen LogP contribution in [0.5, 0.6) is 0 Å². The Bertz CT molecular complexity index is 677. The van der Waals surface area contributed by atoms with Gasteiger partial charge in [-0.2, -0.15) is 13.2 Å². The smallest absolute Gasteiger partial charge is 0.352 e. The van der Waals surface area contributed by atoms with Crippen LogP contribution in [0.1, 0.15) is 17.0 Å². The van der Waals surface area contributed by atoms with Gasteiger partial charge in [-0.25, -0.2) is 0 Å². The SMILES string of the molecule is CN=C(NCc1cccc(C(F)(F)F)c1)NCc1nncn1C. The molecule has 1 aromatic carbocycles. The van der Waals surface area contributed by atoms with Gasteiger partial charge in [0.25, 0.3) is 0 Å². The van der Waals surface area contributed by atoms with Crippen molar-refractivity contribution in [1.82, 2.24) is 25.4 Å². The molecular weight excluding hydrogens is 309 g/mol. The normalized spacial score (nSPS) is 12.3. The van der Waals surface area contributed by atoms with Crippen LogP contribution in [-0.2, 0) is 26.3 Å². The summed E-state index contributed by atoms with van der Waals surface area (Å²) in [6.45, 7) is 0.626. The number of rotatable bonds is 4. The third-order valence-corrected chi connectivity index (χ3v) is 3.16. The monoisotopic (exact) mass is 326 g/mol. The van der Waals surface area contributed by atoms with Crippen LogP contribution in [0.4, 0.5) is 13.2 Å². The van der Waals surface area contributed by atoms with Crippen LogP contribution >= 0.6 is 0 Å². The molecule has 0 spiro atoms. The van der Waals surface area contributed by atoms with E-state index in [4.69, 9.17) is 0 Å². The van der Waals surface area contributed by atoms with Gasteiger partial charge in [0, 0.05) is 20.6 Å². The second-order valence-electron chi connectivity index (χ2n) is 4.84. The number of nitrogens with zero attached hydrogens (tertiary/aromatic N) is 4. The van der Waals surface area contributed by atoms with Crippen molar-refractivity contribution in [2.75, 3.05) is 7.05 Å². The highest BCUT2D eigenvalue weighted by molar-refractivity contribution is 5.79. The zero-order valence-corrected chi connectivity index (χ0v) is 12.7. The minimum atomic E-state index is -4.35. The van der Waals surface area contributed by atoms with Gasteiger partial charge in [-0.15, -0.1) is 10.2 Å². The quantitative estimate of drug-likeness (QED) is 0.663. The number of guanidine groups is 1. The predicted molar refractivity (Wildman–Crippen MR) is 79.5 cm³/mol. The Morgan fingerprint density at radius 3 is 2.61 bits per heavy atom. The summed E-state index contributed by atoms with van der Waals surface area (Å²) in [4.78, 5) is 4.02. The summed E-state index contributed by atoms with van der Waals surface area (Å²) in [6, 6.07) is 5.17. The van der Waals surface area contributed by atoms with Gasteiger partial charge in [0.05, 0.1) is 12.1 Å². The predicted octanol–water partition coefficient (Wildman–Crippen LogP) is 1.70. The Morgan fingerprint density at radius 2 is 2.00 bits per heavy atom. The second kappa shape index (κ2) is 7.12. The third-order valence-electron chi connectivity index (χ3n) is 3.16. The van der Waals surface area contributed by atoms with E-state index in [0.717, 1.165) is 12.1 Å². The van der Waals surface area contributed by atoms with E-state index in [-0.39, 0.29) is 6.54 Å². The molecule has 0 aliphatic rings. The summed E-state index contributed by atoms with van der Waals surface area (Å²) in [5, 5.41) is 13.7. The maximum Gasteiger partial charge on any atom is 0.416 e. The van der Waals surface area contributed by atoms with Crippen LogP contribution in [0, 0.1) is 0 Å². The fourth-order valence-electron chi connectivity index (χ4n) is 1.89. The zero-order chi connectivity index (χ0) is 16.9. The van der Waals surface area contributed by atoms with Gasteiger partial charge in [0.15, 0.2) is 11.8 Å². The Balaban J connectivity index is 1.92. The van der Waals surface area contributed by atoms with Gasteiger partial charge in [0.1, 0.15) is 6.33 Å². The first-order valence-corrected chi connectivity index (χ1v) is 6.83. The van der Waals surface area contributed by atoms with Gasteiger partial charge < -0.3 is 15.2 Å². The minimum absolute atomic E-state index is 0.225. The highest BCUT2D eigenvalue weighted by Crippen LogP contribution is 2.29. The molecule has 0 aliphatic heterocycles. The molecule has 124 valence electrons. The first-order chi connectivity index (χ1) is 10.9. The summed E-state index contributed by atoms with van der Waals surface area (Å²) in [5.74, 6) is 1.18. The van der Waals surface area contributed by atoms with E-state index >= 15 is 0 Å². The summed E-state index contributed by atoms with van der Waals surface area (Å²) < 4.78 is 39.8. The van der Waals surface area contributed by atoms with Crippen LogP contribution in [0.15, 0.2) is 35.6 Å². The Morgan fingerprint density at radius 1 is 1.26 bits per heavy atom. The number of aromatic nitrogens is 3. The maximum absolute atomic E-state index is 12.7. The number of aliphatic imine (C=N–C) groups is 1. The lowest BCUT2D eigenvalue weighted by Gasteiger charge is -2.13. The van der Waals surface area contributed by atoms with E-state index in [2.05, 4.69) is 25.8 Å². The van der Waals surface area contributed by atoms with E-state index < -0.39 is 11.7 Å². The summed E-state index contributed by atoms with van der Waals surface area (Å²) in [6.07, 6.45) is -2.77. The molecule has 23 heavy (non-hydrogen) atoms. The zero-order valence-electron chi connectivity index (χ0n) is 12.7. The molecular formula is C14H17F3N6. The molecule has 0 unspecified atom stereocenters. The van der Waals surface area contributed by atoms with Crippen LogP contribution < -0.4 is 10.6 Å². The van der Waals surface area contributed by atoms with Gasteiger partial charge in [-0.3, -0.25) is 4.99 Å². The number of halogens is 3. The molecule has 0 saturated heterocycles. The summed E-state index contributed by atoms with van der Waals surface area (Å²) in [7, 11) is 3.40. The molecule has 6 nitrogen and oxygen atoms in total. The number of nitrogens with one attached hydrogen (secondary N) is 2. The Kier molecular flexibility index (Phi) is 5.20. The molecule has 9 heteroatoms. The van der Waals surface area contributed by atoms with E-state index in [1.807, 2.05) is 7.05 Å². The molecule has 1 heterocycles. The van der Waals surface area contributed by atoms with E-state index in [9.17, 15) is 13.2 Å². The first-order valence-electron chi connectivity index (χ1n) is 6.83. The molecule has 0 fully saturated rings. The number of hydrogen-bond donors (Lipinski definition) is 2. The molecule has 2 rings (SSSR count). The molecule has 0 amide bonds. The molecule has 0 radical (unpaired) electrons. The van der Waals surface area contributed by atoms with Crippen molar-refractivity contribution in [3.05, 3.63) is 47.5 Å². The fourth-order valence-corrected chi connectivity index (χ4v) is 1.89. The van der Waals surface area contributed by atoms with Crippen molar-refractivity contribution in [2.24, 2.45) is 12.0 Å². The third kappa shape index (κ3) is 4.70. The largest absolute Gasteiger partial charge is 0.416 e. The molecule has 1 aromatic heterocycles.